The van der Waals surface area contributed by atoms with Gasteiger partial charge in [-0.15, -0.1) is 0 Å². The lowest BCUT2D eigenvalue weighted by molar-refractivity contribution is 0.0526. The van der Waals surface area contributed by atoms with Crippen molar-refractivity contribution in [1.29, 1.82) is 0 Å². The molecule has 2 aliphatic heterocycles. The molecule has 3 rings (SSSR count). The zero-order valence-electron chi connectivity index (χ0n) is 13.4. The van der Waals surface area contributed by atoms with Crippen LogP contribution in [0.4, 0.5) is 0 Å². The van der Waals surface area contributed by atoms with Gasteiger partial charge in [0.05, 0.1) is 29.8 Å². The van der Waals surface area contributed by atoms with E-state index in [1.807, 2.05) is 24.5 Å². The van der Waals surface area contributed by atoms with Crippen molar-refractivity contribution in [2.75, 3.05) is 6.61 Å². The van der Waals surface area contributed by atoms with Gasteiger partial charge in [-0.25, -0.2) is 4.79 Å². The summed E-state index contributed by atoms with van der Waals surface area (Å²) in [5, 5.41) is 0. The number of carbonyl (C=O) groups excluding carboxylic acids is 1. The Morgan fingerprint density at radius 1 is 1.35 bits per heavy atom. The molecule has 1 unspecified atom stereocenters. The molecule has 0 fully saturated rings. The Labute approximate surface area is 136 Å². The molecule has 0 N–H and O–H groups in total. The highest BCUT2D eigenvalue weighted by molar-refractivity contribution is 5.91. The Morgan fingerprint density at radius 2 is 2.13 bits per heavy atom. The number of rotatable bonds is 3. The van der Waals surface area contributed by atoms with E-state index in [2.05, 4.69) is 35.2 Å². The Hall–Kier alpha value is -2.62. The molecule has 1 aromatic rings. The predicted octanol–water partition coefficient (Wildman–Crippen LogP) is 3.99. The van der Waals surface area contributed by atoms with Crippen LogP contribution in [0.25, 0.3) is 5.70 Å². The normalized spacial score (nSPS) is 19.6. The van der Waals surface area contributed by atoms with Gasteiger partial charge >= 0.3 is 5.97 Å². The third kappa shape index (κ3) is 3.42. The smallest absolute Gasteiger partial charge is 0.338 e. The first-order chi connectivity index (χ1) is 11.2. The second kappa shape index (κ2) is 6.65. The van der Waals surface area contributed by atoms with Gasteiger partial charge in [-0.3, -0.25) is 4.99 Å². The van der Waals surface area contributed by atoms with E-state index >= 15 is 0 Å². The minimum absolute atomic E-state index is 0.296. The van der Waals surface area contributed by atoms with Gasteiger partial charge in [0.25, 0.3) is 0 Å². The van der Waals surface area contributed by atoms with Crippen molar-refractivity contribution < 1.29 is 9.53 Å². The van der Waals surface area contributed by atoms with E-state index in [0.717, 1.165) is 23.4 Å². The van der Waals surface area contributed by atoms with Gasteiger partial charge < -0.3 is 9.64 Å². The summed E-state index contributed by atoms with van der Waals surface area (Å²) < 4.78 is 5.00. The molecule has 0 amide bonds. The van der Waals surface area contributed by atoms with Crippen molar-refractivity contribution in [3.05, 3.63) is 65.6 Å². The molecule has 0 aromatic heterocycles. The summed E-state index contributed by atoms with van der Waals surface area (Å²) in [6, 6.07) is 7.34. The maximum Gasteiger partial charge on any atom is 0.338 e. The summed E-state index contributed by atoms with van der Waals surface area (Å²) >= 11 is 0. The molecular formula is C19H20N2O2. The quantitative estimate of drug-likeness (QED) is 0.793. The Morgan fingerprint density at radius 3 is 2.87 bits per heavy atom. The largest absolute Gasteiger partial charge is 0.462 e. The summed E-state index contributed by atoms with van der Waals surface area (Å²) in [5.74, 6) is 0.233. The van der Waals surface area contributed by atoms with E-state index in [0.29, 0.717) is 18.1 Å². The highest BCUT2D eigenvalue weighted by Gasteiger charge is 2.14. The molecule has 23 heavy (non-hydrogen) atoms. The lowest BCUT2D eigenvalue weighted by Crippen LogP contribution is -2.14. The van der Waals surface area contributed by atoms with Crippen LogP contribution in [0.3, 0.4) is 0 Å². The first kappa shape index (κ1) is 15.3. The van der Waals surface area contributed by atoms with Crippen molar-refractivity contribution in [2.45, 2.75) is 20.3 Å². The highest BCUT2D eigenvalue weighted by Crippen LogP contribution is 2.25. The molecule has 0 aliphatic carbocycles. The predicted molar refractivity (Wildman–Crippen MR) is 91.7 cm³/mol. The molecule has 118 valence electrons. The number of esters is 1. The molecule has 1 atom stereocenters. The standard InChI is InChI=1S/C19H20N2O2/c1-3-23-19(22)16-7-5-15(6-8-16)18-13-21-11-10-14(2)4-9-17(21)12-20-18/h5-14H,3-4H2,1-2H3. The number of benzene rings is 1. The van der Waals surface area contributed by atoms with Gasteiger partial charge in [-0.2, -0.15) is 0 Å². The van der Waals surface area contributed by atoms with Crippen molar-refractivity contribution in [3.63, 3.8) is 0 Å². The van der Waals surface area contributed by atoms with Crippen LogP contribution in [-0.4, -0.2) is 23.7 Å². The molecular weight excluding hydrogens is 288 g/mol. The lowest BCUT2D eigenvalue weighted by Gasteiger charge is -2.21. The van der Waals surface area contributed by atoms with Crippen molar-refractivity contribution in [3.8, 4) is 0 Å². The molecule has 2 aliphatic rings. The summed E-state index contributed by atoms with van der Waals surface area (Å²) in [5.41, 5.74) is 3.49. The molecule has 4 nitrogen and oxygen atoms in total. The number of hydrogen-bond acceptors (Lipinski definition) is 4. The lowest BCUT2D eigenvalue weighted by atomic mass is 10.1. The van der Waals surface area contributed by atoms with E-state index in [9.17, 15) is 4.79 Å². The van der Waals surface area contributed by atoms with Crippen LogP contribution in [0.15, 0.2) is 59.5 Å². The fourth-order valence-electron chi connectivity index (χ4n) is 2.49. The van der Waals surface area contributed by atoms with Gasteiger partial charge in [-0.1, -0.05) is 31.2 Å². The van der Waals surface area contributed by atoms with Crippen molar-refractivity contribution in [1.82, 2.24) is 4.90 Å². The molecule has 1 aromatic carbocycles. The number of nitrogens with zero attached hydrogens (tertiary/aromatic N) is 2. The minimum Gasteiger partial charge on any atom is -0.462 e. The minimum atomic E-state index is -0.296. The van der Waals surface area contributed by atoms with Crippen LogP contribution in [0.2, 0.25) is 0 Å². The number of allylic oxidation sites excluding steroid dienone is 3. The number of aliphatic imine (C=N–C) groups is 1. The van der Waals surface area contributed by atoms with Gasteiger partial charge in [0, 0.05) is 18.0 Å². The van der Waals surface area contributed by atoms with Crippen LogP contribution < -0.4 is 0 Å². The van der Waals surface area contributed by atoms with E-state index in [1.54, 1.807) is 19.1 Å². The maximum absolute atomic E-state index is 11.7. The van der Waals surface area contributed by atoms with Crippen LogP contribution in [0.1, 0.15) is 36.2 Å². The second-order valence-corrected chi connectivity index (χ2v) is 5.66. The third-order valence-electron chi connectivity index (χ3n) is 3.86. The van der Waals surface area contributed by atoms with E-state index in [1.165, 1.54) is 0 Å². The zero-order valence-corrected chi connectivity index (χ0v) is 13.4. The maximum atomic E-state index is 11.7. The average molecular weight is 308 g/mol. The van der Waals surface area contributed by atoms with Crippen molar-refractivity contribution in [2.24, 2.45) is 10.9 Å². The molecule has 0 radical (unpaired) electrons. The Balaban J connectivity index is 1.82. The van der Waals surface area contributed by atoms with E-state index in [-0.39, 0.29) is 5.97 Å². The Bertz CT molecular complexity index is 711. The summed E-state index contributed by atoms with van der Waals surface area (Å²) in [6.45, 7) is 4.38. The fraction of sp³-hybridized carbons (Fsp3) is 0.263. The van der Waals surface area contributed by atoms with Crippen LogP contribution in [0, 0.1) is 5.92 Å². The second-order valence-electron chi connectivity index (χ2n) is 5.66. The first-order valence-electron chi connectivity index (χ1n) is 7.87. The van der Waals surface area contributed by atoms with Gasteiger partial charge in [0.2, 0.25) is 0 Å². The van der Waals surface area contributed by atoms with E-state index in [4.69, 9.17) is 4.74 Å². The first-order valence-corrected chi connectivity index (χ1v) is 7.87. The molecule has 2 heterocycles. The SMILES string of the molecule is CCOC(=O)c1ccc(C2=CN3C=CC(C)CC=C3C=N2)cc1. The molecule has 4 heteroatoms. The summed E-state index contributed by atoms with van der Waals surface area (Å²) in [7, 11) is 0. The monoisotopic (exact) mass is 308 g/mol. The number of fused-ring (bicyclic) bond motifs is 1. The third-order valence-corrected chi connectivity index (χ3v) is 3.86. The highest BCUT2D eigenvalue weighted by atomic mass is 16.5. The Kier molecular flexibility index (Phi) is 4.42. The average Bonchev–Trinajstić information content (AvgIpc) is 2.77. The number of ether oxygens (including phenoxy) is 1. The molecule has 0 saturated carbocycles. The summed E-state index contributed by atoms with van der Waals surface area (Å²) in [4.78, 5) is 18.3. The number of hydrogen-bond donors (Lipinski definition) is 0. The number of carbonyl (C=O) groups is 1. The van der Waals surface area contributed by atoms with Gasteiger partial charge in [0.1, 0.15) is 0 Å². The van der Waals surface area contributed by atoms with Gasteiger partial charge in [0.15, 0.2) is 0 Å². The van der Waals surface area contributed by atoms with Crippen LogP contribution >= 0.6 is 0 Å². The molecule has 0 spiro atoms. The topological polar surface area (TPSA) is 41.9 Å². The van der Waals surface area contributed by atoms with E-state index < -0.39 is 0 Å². The van der Waals surface area contributed by atoms with Crippen molar-refractivity contribution >= 4 is 17.9 Å². The van der Waals surface area contributed by atoms with Crippen LogP contribution in [0.5, 0.6) is 0 Å². The fourth-order valence-corrected chi connectivity index (χ4v) is 2.49. The molecule has 0 saturated heterocycles. The van der Waals surface area contributed by atoms with Crippen LogP contribution in [-0.2, 0) is 4.74 Å². The van der Waals surface area contributed by atoms with Gasteiger partial charge in [-0.05, 0) is 31.4 Å². The summed E-state index contributed by atoms with van der Waals surface area (Å²) in [6.07, 6.45) is 11.4. The molecule has 0 bridgehead atoms. The zero-order chi connectivity index (χ0) is 16.2.